The summed E-state index contributed by atoms with van der Waals surface area (Å²) < 4.78 is 60.7. The number of halogens is 4. The molecule has 2 aromatic rings. The van der Waals surface area contributed by atoms with Gasteiger partial charge in [0, 0.05) is 18.8 Å². The van der Waals surface area contributed by atoms with E-state index in [4.69, 9.17) is 10.5 Å². The Balaban J connectivity index is 2.81. The van der Waals surface area contributed by atoms with Gasteiger partial charge in [0.2, 0.25) is 5.95 Å². The molecule has 0 aliphatic carbocycles. The Bertz CT molecular complexity index is 842. The van der Waals surface area contributed by atoms with Gasteiger partial charge in [-0.05, 0) is 19.1 Å². The van der Waals surface area contributed by atoms with Crippen molar-refractivity contribution in [2.45, 2.75) is 13.2 Å². The molecule has 1 aromatic heterocycles. The molecule has 0 bridgehead atoms. The quantitative estimate of drug-likeness (QED) is 0.618. The number of hydrogen-bond acceptors (Lipinski definition) is 6. The molecule has 0 atom stereocenters. The van der Waals surface area contributed by atoms with E-state index in [1.165, 1.54) is 13.1 Å². The van der Waals surface area contributed by atoms with E-state index in [1.54, 1.807) is 0 Å². The number of hydrogen-bond donors (Lipinski definition) is 2. The summed E-state index contributed by atoms with van der Waals surface area (Å²) in [5.74, 6) is -3.37. The molecule has 11 heteroatoms. The van der Waals surface area contributed by atoms with E-state index in [9.17, 15) is 22.4 Å². The van der Waals surface area contributed by atoms with Gasteiger partial charge in [-0.2, -0.15) is 4.98 Å². The Morgan fingerprint density at radius 2 is 2.04 bits per heavy atom. The number of carbonyl (C=O) groups is 1. The number of primary amides is 1. The van der Waals surface area contributed by atoms with E-state index in [2.05, 4.69) is 15.3 Å². The smallest absolute Gasteiger partial charge is 0.491 e. The van der Waals surface area contributed by atoms with Crippen LogP contribution in [0, 0.1) is 12.7 Å². The van der Waals surface area contributed by atoms with E-state index >= 15 is 0 Å². The number of aromatic nitrogens is 2. The lowest BCUT2D eigenvalue weighted by Gasteiger charge is -2.28. The van der Waals surface area contributed by atoms with Crippen molar-refractivity contribution in [3.8, 4) is 5.75 Å². The summed E-state index contributed by atoms with van der Waals surface area (Å²) in [6, 6.07) is 2.17. The Hall–Kier alpha value is -3.11. The van der Waals surface area contributed by atoms with Crippen LogP contribution < -0.4 is 20.7 Å². The highest BCUT2D eigenvalue weighted by Gasteiger charge is 2.44. The largest absolute Gasteiger partial charge is 0.495 e. The SMILES string of the molecule is CNc1ccnc(N(c2c(OC)cc(C(N)=O)c(F)c2C)C(F)(F)F)n1. The molecule has 1 amide bonds. The number of nitrogens with two attached hydrogens (primary N) is 1. The highest BCUT2D eigenvalue weighted by Crippen LogP contribution is 2.43. The molecule has 7 nitrogen and oxygen atoms in total. The van der Waals surface area contributed by atoms with Crippen molar-refractivity contribution in [2.24, 2.45) is 5.73 Å². The van der Waals surface area contributed by atoms with Gasteiger partial charge in [-0.3, -0.25) is 4.79 Å². The molecule has 1 heterocycles. The molecular weight excluding hydrogens is 358 g/mol. The fourth-order valence-electron chi connectivity index (χ4n) is 2.30. The van der Waals surface area contributed by atoms with E-state index in [0.717, 1.165) is 26.3 Å². The average molecular weight is 373 g/mol. The summed E-state index contributed by atoms with van der Waals surface area (Å²) in [4.78, 5) is 18.5. The zero-order valence-electron chi connectivity index (χ0n) is 14.0. The molecule has 2 rings (SSSR count). The number of nitrogens with one attached hydrogen (secondary N) is 1. The number of anilines is 3. The van der Waals surface area contributed by atoms with Gasteiger partial charge >= 0.3 is 6.30 Å². The number of nitrogens with zero attached hydrogens (tertiary/aromatic N) is 3. The van der Waals surface area contributed by atoms with Crippen molar-refractivity contribution >= 4 is 23.4 Å². The molecule has 0 fully saturated rings. The maximum absolute atomic E-state index is 14.4. The summed E-state index contributed by atoms with van der Waals surface area (Å²) >= 11 is 0. The van der Waals surface area contributed by atoms with Crippen LogP contribution in [-0.4, -0.2) is 36.3 Å². The Labute approximate surface area is 145 Å². The first kappa shape index (κ1) is 19.2. The van der Waals surface area contributed by atoms with Crippen LogP contribution in [0.2, 0.25) is 0 Å². The molecular formula is C15H15F4N5O2. The normalized spacial score (nSPS) is 11.2. The van der Waals surface area contributed by atoms with Crippen LogP contribution in [0.3, 0.4) is 0 Å². The van der Waals surface area contributed by atoms with Gasteiger partial charge in [-0.25, -0.2) is 14.3 Å². The standard InChI is InChI=1S/C15H15F4N5O2/c1-7-11(16)8(13(20)25)6-9(26-3)12(7)24(15(17,18)19)14-22-5-4-10(21-2)23-14/h4-6H,1-3H3,(H2,20,25)(H,21,22,23). The van der Waals surface area contributed by atoms with E-state index in [0.29, 0.717) is 0 Å². The first-order chi connectivity index (χ1) is 12.1. The third-order valence-electron chi connectivity index (χ3n) is 3.49. The Morgan fingerprint density at radius 1 is 1.38 bits per heavy atom. The van der Waals surface area contributed by atoms with Crippen LogP contribution in [0.25, 0.3) is 0 Å². The fraction of sp³-hybridized carbons (Fsp3) is 0.267. The van der Waals surface area contributed by atoms with Crippen molar-refractivity contribution in [1.82, 2.24) is 9.97 Å². The minimum absolute atomic E-state index is 0.120. The lowest BCUT2D eigenvalue weighted by molar-refractivity contribution is -0.122. The summed E-state index contributed by atoms with van der Waals surface area (Å²) in [5, 5.41) is 2.59. The average Bonchev–Trinajstić information content (AvgIpc) is 2.58. The number of alkyl halides is 3. The summed E-state index contributed by atoms with van der Waals surface area (Å²) in [6.45, 7) is 1.07. The summed E-state index contributed by atoms with van der Waals surface area (Å²) in [5.41, 5.74) is 3.30. The second-order valence-electron chi connectivity index (χ2n) is 5.07. The Morgan fingerprint density at radius 3 is 2.54 bits per heavy atom. The van der Waals surface area contributed by atoms with Crippen molar-refractivity contribution in [2.75, 3.05) is 24.4 Å². The lowest BCUT2D eigenvalue weighted by atomic mass is 10.1. The van der Waals surface area contributed by atoms with Crippen LogP contribution in [0.15, 0.2) is 18.3 Å². The fourth-order valence-corrected chi connectivity index (χ4v) is 2.30. The summed E-state index contributed by atoms with van der Waals surface area (Å²) in [6.07, 6.45) is -3.89. The van der Waals surface area contributed by atoms with Crippen LogP contribution in [0.1, 0.15) is 15.9 Å². The zero-order valence-corrected chi connectivity index (χ0v) is 14.0. The molecule has 0 radical (unpaired) electrons. The van der Waals surface area contributed by atoms with Crippen LogP contribution in [0.5, 0.6) is 5.75 Å². The third-order valence-corrected chi connectivity index (χ3v) is 3.49. The van der Waals surface area contributed by atoms with E-state index < -0.39 is 46.5 Å². The van der Waals surface area contributed by atoms with Gasteiger partial charge in [0.15, 0.2) is 0 Å². The molecule has 26 heavy (non-hydrogen) atoms. The van der Waals surface area contributed by atoms with E-state index in [1.807, 2.05) is 0 Å². The molecule has 0 aliphatic rings. The highest BCUT2D eigenvalue weighted by molar-refractivity contribution is 5.95. The lowest BCUT2D eigenvalue weighted by Crippen LogP contribution is -2.36. The molecule has 0 saturated heterocycles. The van der Waals surface area contributed by atoms with Crippen molar-refractivity contribution in [3.05, 3.63) is 35.3 Å². The van der Waals surface area contributed by atoms with Crippen LogP contribution >= 0.6 is 0 Å². The topological polar surface area (TPSA) is 93.4 Å². The minimum Gasteiger partial charge on any atom is -0.495 e. The van der Waals surface area contributed by atoms with Crippen LogP contribution in [-0.2, 0) is 0 Å². The predicted molar refractivity (Wildman–Crippen MR) is 86.0 cm³/mol. The molecule has 0 unspecified atom stereocenters. The number of ether oxygens (including phenoxy) is 1. The van der Waals surface area contributed by atoms with Gasteiger partial charge in [0.05, 0.1) is 12.7 Å². The zero-order chi connectivity index (χ0) is 19.6. The van der Waals surface area contributed by atoms with Gasteiger partial charge < -0.3 is 15.8 Å². The van der Waals surface area contributed by atoms with Gasteiger partial charge in [-0.15, -0.1) is 13.2 Å². The predicted octanol–water partition coefficient (Wildman–Crippen LogP) is 2.73. The van der Waals surface area contributed by atoms with Crippen LogP contribution in [0.4, 0.5) is 35.0 Å². The first-order valence-corrected chi connectivity index (χ1v) is 7.16. The number of methoxy groups -OCH3 is 1. The minimum atomic E-state index is -5.01. The van der Waals surface area contributed by atoms with E-state index in [-0.39, 0.29) is 10.7 Å². The maximum Gasteiger partial charge on any atom is 0.491 e. The molecule has 0 spiro atoms. The van der Waals surface area contributed by atoms with Gasteiger partial charge in [-0.1, -0.05) is 0 Å². The second kappa shape index (κ2) is 7.02. The maximum atomic E-state index is 14.4. The third kappa shape index (κ3) is 3.46. The Kier molecular flexibility index (Phi) is 5.19. The number of rotatable bonds is 5. The molecule has 3 N–H and O–H groups in total. The number of amides is 1. The molecule has 1 aromatic carbocycles. The van der Waals surface area contributed by atoms with Crippen molar-refractivity contribution < 1.29 is 27.1 Å². The number of carbonyl (C=O) groups excluding carboxylic acids is 1. The number of benzene rings is 1. The van der Waals surface area contributed by atoms with Crippen molar-refractivity contribution in [3.63, 3.8) is 0 Å². The van der Waals surface area contributed by atoms with Crippen molar-refractivity contribution in [1.29, 1.82) is 0 Å². The van der Waals surface area contributed by atoms with Gasteiger partial charge in [0.25, 0.3) is 5.91 Å². The molecule has 0 aliphatic heterocycles. The molecule has 140 valence electrons. The van der Waals surface area contributed by atoms with Gasteiger partial charge in [0.1, 0.15) is 23.1 Å². The molecule has 0 saturated carbocycles. The summed E-state index contributed by atoms with van der Waals surface area (Å²) in [7, 11) is 2.55. The monoisotopic (exact) mass is 373 g/mol. The highest BCUT2D eigenvalue weighted by atomic mass is 19.4. The first-order valence-electron chi connectivity index (χ1n) is 7.16. The second-order valence-corrected chi connectivity index (χ2v) is 5.07.